The molecule has 1 atom stereocenters. The summed E-state index contributed by atoms with van der Waals surface area (Å²) in [7, 11) is 0. The molecule has 2 aliphatic rings. The number of carbonyl (C=O) groups is 2. The van der Waals surface area contributed by atoms with E-state index in [1.807, 2.05) is 9.80 Å². The first-order valence-corrected chi connectivity index (χ1v) is 9.70. The first kappa shape index (κ1) is 18.8. The van der Waals surface area contributed by atoms with Gasteiger partial charge in [0.15, 0.2) is 5.78 Å². The number of carbonyl (C=O) groups excluding carboxylic acids is 2. The average molecular weight is 385 g/mol. The van der Waals surface area contributed by atoms with Gasteiger partial charge in [0.1, 0.15) is 11.5 Å². The number of aromatic nitrogens is 1. The molecule has 1 amide bonds. The minimum absolute atomic E-state index is 0.0310. The minimum Gasteiger partial charge on any atom is -0.371 e. The second-order valence-corrected chi connectivity index (χ2v) is 7.37. The molecule has 2 saturated heterocycles. The number of hydrogen-bond acceptors (Lipinski definition) is 4. The first-order chi connectivity index (χ1) is 13.6. The summed E-state index contributed by atoms with van der Waals surface area (Å²) in [6, 6.07) is 7.92. The second-order valence-electron chi connectivity index (χ2n) is 7.37. The predicted molar refractivity (Wildman–Crippen MR) is 102 cm³/mol. The lowest BCUT2D eigenvalue weighted by Gasteiger charge is -2.32. The van der Waals surface area contributed by atoms with Crippen LogP contribution in [0.3, 0.4) is 0 Å². The fourth-order valence-electron chi connectivity index (χ4n) is 3.79. The number of ketones is 1. The van der Waals surface area contributed by atoms with Gasteiger partial charge < -0.3 is 14.6 Å². The standard InChI is InChI=1S/C21H24FN3O3/c22-17-5-3-15(4-6-17)20-14-24(9-10-28-20)13-19(26)16-11-18(23-12-16)21(27)25-7-1-2-8-25/h3-6,11-12,20,23H,1-2,7-10,13-14H2. The van der Waals surface area contributed by atoms with Crippen molar-refractivity contribution >= 4 is 11.7 Å². The molecule has 1 N–H and O–H groups in total. The summed E-state index contributed by atoms with van der Waals surface area (Å²) < 4.78 is 18.9. The molecule has 1 aromatic heterocycles. The first-order valence-electron chi connectivity index (χ1n) is 9.70. The largest absolute Gasteiger partial charge is 0.371 e. The van der Waals surface area contributed by atoms with Crippen molar-refractivity contribution in [2.45, 2.75) is 18.9 Å². The number of morpholine rings is 1. The Bertz CT molecular complexity index is 843. The van der Waals surface area contributed by atoms with Crippen LogP contribution in [-0.4, -0.2) is 65.8 Å². The van der Waals surface area contributed by atoms with Crippen molar-refractivity contribution in [1.82, 2.24) is 14.8 Å². The SMILES string of the molecule is O=C(CN1CCOC(c2ccc(F)cc2)C1)c1c[nH]c(C(=O)N2CCCC2)c1. The molecule has 0 saturated carbocycles. The topological polar surface area (TPSA) is 65.6 Å². The predicted octanol–water partition coefficient (Wildman–Crippen LogP) is 2.65. The lowest BCUT2D eigenvalue weighted by Crippen LogP contribution is -2.41. The smallest absolute Gasteiger partial charge is 0.270 e. The van der Waals surface area contributed by atoms with Crippen LogP contribution in [0.25, 0.3) is 0 Å². The number of halogens is 1. The van der Waals surface area contributed by atoms with Crippen LogP contribution >= 0.6 is 0 Å². The number of H-pyrrole nitrogens is 1. The molecule has 6 nitrogen and oxygen atoms in total. The van der Waals surface area contributed by atoms with Crippen molar-refractivity contribution in [3.63, 3.8) is 0 Å². The van der Waals surface area contributed by atoms with Crippen molar-refractivity contribution in [2.24, 2.45) is 0 Å². The monoisotopic (exact) mass is 385 g/mol. The number of nitrogens with one attached hydrogen (secondary N) is 1. The van der Waals surface area contributed by atoms with Crippen LogP contribution in [0.15, 0.2) is 36.5 Å². The van der Waals surface area contributed by atoms with Gasteiger partial charge in [-0.05, 0) is 36.6 Å². The fourth-order valence-corrected chi connectivity index (χ4v) is 3.79. The number of Topliss-reactive ketones (excluding diaryl/α,β-unsaturated/α-hetero) is 1. The van der Waals surface area contributed by atoms with Crippen LogP contribution in [0.5, 0.6) is 0 Å². The molecular formula is C21H24FN3O3. The molecule has 0 aliphatic carbocycles. The Morgan fingerprint density at radius 3 is 2.64 bits per heavy atom. The highest BCUT2D eigenvalue weighted by Gasteiger charge is 2.25. The molecule has 0 spiro atoms. The summed E-state index contributed by atoms with van der Waals surface area (Å²) in [5.41, 5.74) is 1.89. The summed E-state index contributed by atoms with van der Waals surface area (Å²) in [5.74, 6) is -0.353. The zero-order valence-electron chi connectivity index (χ0n) is 15.7. The maximum atomic E-state index is 13.1. The van der Waals surface area contributed by atoms with Gasteiger partial charge in [-0.15, -0.1) is 0 Å². The van der Waals surface area contributed by atoms with Gasteiger partial charge in [0, 0.05) is 37.9 Å². The zero-order valence-corrected chi connectivity index (χ0v) is 15.7. The molecule has 1 aromatic carbocycles. The van der Waals surface area contributed by atoms with Crippen LogP contribution in [-0.2, 0) is 4.74 Å². The van der Waals surface area contributed by atoms with Crippen molar-refractivity contribution < 1.29 is 18.7 Å². The van der Waals surface area contributed by atoms with Gasteiger partial charge in [0.05, 0.1) is 19.3 Å². The summed E-state index contributed by atoms with van der Waals surface area (Å²) in [4.78, 5) is 31.9. The molecule has 3 heterocycles. The molecule has 1 unspecified atom stereocenters. The number of amides is 1. The van der Waals surface area contributed by atoms with Crippen LogP contribution in [0.4, 0.5) is 4.39 Å². The third kappa shape index (κ3) is 4.15. The van der Waals surface area contributed by atoms with Gasteiger partial charge in [-0.2, -0.15) is 0 Å². The number of hydrogen-bond donors (Lipinski definition) is 1. The molecule has 2 aliphatic heterocycles. The average Bonchev–Trinajstić information content (AvgIpc) is 3.41. The number of rotatable bonds is 5. The van der Waals surface area contributed by atoms with Gasteiger partial charge in [0.2, 0.25) is 0 Å². The van der Waals surface area contributed by atoms with Crippen molar-refractivity contribution in [3.05, 3.63) is 59.2 Å². The van der Waals surface area contributed by atoms with E-state index in [1.165, 1.54) is 12.1 Å². The molecule has 0 bridgehead atoms. The molecule has 0 radical (unpaired) electrons. The Balaban J connectivity index is 1.36. The summed E-state index contributed by atoms with van der Waals surface area (Å²) >= 11 is 0. The molecule has 148 valence electrons. The Morgan fingerprint density at radius 1 is 1.14 bits per heavy atom. The quantitative estimate of drug-likeness (QED) is 0.804. The highest BCUT2D eigenvalue weighted by Crippen LogP contribution is 2.23. The number of ether oxygens (including phenoxy) is 1. The van der Waals surface area contributed by atoms with E-state index in [0.29, 0.717) is 31.0 Å². The third-order valence-corrected chi connectivity index (χ3v) is 5.39. The Hall–Kier alpha value is -2.51. The number of benzene rings is 1. The van der Waals surface area contributed by atoms with Crippen LogP contribution in [0.2, 0.25) is 0 Å². The second kappa shape index (κ2) is 8.24. The highest BCUT2D eigenvalue weighted by atomic mass is 19.1. The third-order valence-electron chi connectivity index (χ3n) is 5.39. The van der Waals surface area contributed by atoms with Crippen LogP contribution < -0.4 is 0 Å². The Labute approximate surface area is 163 Å². The summed E-state index contributed by atoms with van der Waals surface area (Å²) in [6.45, 7) is 3.56. The van der Waals surface area contributed by atoms with Crippen LogP contribution in [0, 0.1) is 5.82 Å². The lowest BCUT2D eigenvalue weighted by molar-refractivity contribution is -0.0275. The van der Waals surface area contributed by atoms with Gasteiger partial charge >= 0.3 is 0 Å². The van der Waals surface area contributed by atoms with Gasteiger partial charge in [-0.3, -0.25) is 14.5 Å². The van der Waals surface area contributed by atoms with E-state index in [0.717, 1.165) is 31.5 Å². The van der Waals surface area contributed by atoms with E-state index < -0.39 is 0 Å². The van der Waals surface area contributed by atoms with E-state index in [2.05, 4.69) is 4.98 Å². The zero-order chi connectivity index (χ0) is 19.5. The van der Waals surface area contributed by atoms with E-state index >= 15 is 0 Å². The highest BCUT2D eigenvalue weighted by molar-refractivity contribution is 6.01. The minimum atomic E-state index is -0.279. The summed E-state index contributed by atoms with van der Waals surface area (Å²) in [5, 5.41) is 0. The Morgan fingerprint density at radius 2 is 1.89 bits per heavy atom. The Kier molecular flexibility index (Phi) is 5.54. The normalized spacial score (nSPS) is 20.5. The maximum Gasteiger partial charge on any atom is 0.270 e. The van der Waals surface area contributed by atoms with Gasteiger partial charge in [0.25, 0.3) is 5.91 Å². The van der Waals surface area contributed by atoms with E-state index in [-0.39, 0.29) is 30.2 Å². The van der Waals surface area contributed by atoms with Crippen molar-refractivity contribution in [2.75, 3.05) is 39.3 Å². The van der Waals surface area contributed by atoms with E-state index in [1.54, 1.807) is 24.4 Å². The van der Waals surface area contributed by atoms with Crippen molar-refractivity contribution in [3.8, 4) is 0 Å². The van der Waals surface area contributed by atoms with Gasteiger partial charge in [-0.25, -0.2) is 4.39 Å². The summed E-state index contributed by atoms with van der Waals surface area (Å²) in [6.07, 6.45) is 3.50. The molecule has 7 heteroatoms. The maximum absolute atomic E-state index is 13.1. The molecule has 2 fully saturated rings. The molecular weight excluding hydrogens is 361 g/mol. The number of nitrogens with zero attached hydrogens (tertiary/aromatic N) is 2. The molecule has 2 aromatic rings. The number of aromatic amines is 1. The molecule has 28 heavy (non-hydrogen) atoms. The van der Waals surface area contributed by atoms with Gasteiger partial charge in [-0.1, -0.05) is 12.1 Å². The number of likely N-dealkylation sites (tertiary alicyclic amines) is 1. The van der Waals surface area contributed by atoms with E-state index in [9.17, 15) is 14.0 Å². The van der Waals surface area contributed by atoms with Crippen LogP contribution in [0.1, 0.15) is 45.4 Å². The van der Waals surface area contributed by atoms with E-state index in [4.69, 9.17) is 4.74 Å². The lowest BCUT2D eigenvalue weighted by atomic mass is 10.1. The fraction of sp³-hybridized carbons (Fsp3) is 0.429. The van der Waals surface area contributed by atoms with Crippen molar-refractivity contribution in [1.29, 1.82) is 0 Å². The molecule has 4 rings (SSSR count).